The van der Waals surface area contributed by atoms with Gasteiger partial charge < -0.3 is 14.4 Å². The highest BCUT2D eigenvalue weighted by atomic mass is 16.5. The van der Waals surface area contributed by atoms with Crippen molar-refractivity contribution in [1.82, 2.24) is 9.55 Å². The van der Waals surface area contributed by atoms with Gasteiger partial charge in [0.15, 0.2) is 0 Å². The third-order valence-electron chi connectivity index (χ3n) is 4.83. The van der Waals surface area contributed by atoms with Crippen LogP contribution >= 0.6 is 0 Å². The molecule has 0 aliphatic rings. The monoisotopic (exact) mass is 352 g/mol. The zero-order valence-electron chi connectivity index (χ0n) is 15.9. The van der Waals surface area contributed by atoms with Gasteiger partial charge in [-0.25, -0.2) is 4.98 Å². The lowest BCUT2D eigenvalue weighted by atomic mass is 10.1. The van der Waals surface area contributed by atoms with E-state index in [4.69, 9.17) is 9.72 Å². The maximum Gasteiger partial charge on any atom is 0.112 e. The van der Waals surface area contributed by atoms with Gasteiger partial charge in [0.2, 0.25) is 0 Å². The Labute approximate surface area is 155 Å². The number of fused-ring (bicyclic) bond motifs is 1. The number of aryl methyl sites for hydroxylation is 1. The molecule has 0 spiro atoms. The summed E-state index contributed by atoms with van der Waals surface area (Å²) >= 11 is 0. The van der Waals surface area contributed by atoms with Gasteiger partial charge in [0.05, 0.1) is 36.9 Å². The number of hydrogen-bond donors (Lipinski definition) is 1. The van der Waals surface area contributed by atoms with Crippen LogP contribution in [0.5, 0.6) is 0 Å². The van der Waals surface area contributed by atoms with Crippen molar-refractivity contribution in [3.8, 4) is 0 Å². The fourth-order valence-corrected chi connectivity index (χ4v) is 3.11. The molecular formula is C22H28N2O2. The minimum Gasteiger partial charge on any atom is -0.389 e. The van der Waals surface area contributed by atoms with E-state index in [0.29, 0.717) is 25.7 Å². The first-order valence-corrected chi connectivity index (χ1v) is 9.35. The Morgan fingerprint density at radius 1 is 1.12 bits per heavy atom. The van der Waals surface area contributed by atoms with E-state index >= 15 is 0 Å². The van der Waals surface area contributed by atoms with Gasteiger partial charge in [0.1, 0.15) is 5.82 Å². The van der Waals surface area contributed by atoms with Crippen molar-refractivity contribution in [3.05, 3.63) is 65.5 Å². The number of ether oxygens (including phenoxy) is 1. The minimum absolute atomic E-state index is 0.306. The van der Waals surface area contributed by atoms with Gasteiger partial charge in [-0.05, 0) is 31.0 Å². The first-order chi connectivity index (χ1) is 12.6. The summed E-state index contributed by atoms with van der Waals surface area (Å²) in [5.41, 5.74) is 4.41. The number of hydrogen-bond acceptors (Lipinski definition) is 3. The second kappa shape index (κ2) is 8.47. The van der Waals surface area contributed by atoms with E-state index in [0.717, 1.165) is 28.8 Å². The largest absolute Gasteiger partial charge is 0.389 e. The molecule has 0 amide bonds. The van der Waals surface area contributed by atoms with Gasteiger partial charge in [0.25, 0.3) is 0 Å². The van der Waals surface area contributed by atoms with Crippen molar-refractivity contribution >= 4 is 11.0 Å². The van der Waals surface area contributed by atoms with E-state index in [1.54, 1.807) is 0 Å². The molecule has 2 aromatic carbocycles. The second-order valence-corrected chi connectivity index (χ2v) is 7.03. The fraction of sp³-hybridized carbons (Fsp3) is 0.409. The molecule has 4 nitrogen and oxygen atoms in total. The normalized spacial score (nSPS) is 13.8. The molecule has 138 valence electrons. The molecule has 26 heavy (non-hydrogen) atoms. The smallest absolute Gasteiger partial charge is 0.112 e. The van der Waals surface area contributed by atoms with Crippen LogP contribution in [-0.2, 0) is 17.9 Å². The molecule has 0 saturated heterocycles. The molecule has 0 saturated carbocycles. The van der Waals surface area contributed by atoms with E-state index in [1.165, 1.54) is 5.56 Å². The average molecular weight is 352 g/mol. The first kappa shape index (κ1) is 18.6. The molecule has 2 unspecified atom stereocenters. The number of nitrogens with zero attached hydrogens (tertiary/aromatic N) is 2. The number of imidazole rings is 1. The van der Waals surface area contributed by atoms with Gasteiger partial charge in [-0.1, -0.05) is 55.8 Å². The number of aliphatic hydroxyl groups excluding tert-OH is 1. The van der Waals surface area contributed by atoms with E-state index in [-0.39, 0.29) is 0 Å². The van der Waals surface area contributed by atoms with Crippen LogP contribution in [0.3, 0.4) is 0 Å². The maximum absolute atomic E-state index is 10.5. The maximum atomic E-state index is 10.5. The molecule has 1 N–H and O–H groups in total. The van der Waals surface area contributed by atoms with Crippen molar-refractivity contribution in [2.24, 2.45) is 0 Å². The molecule has 0 radical (unpaired) electrons. The lowest BCUT2D eigenvalue weighted by Gasteiger charge is -2.17. The lowest BCUT2D eigenvalue weighted by molar-refractivity contribution is 0.0204. The SMILES string of the molecule is CCC(C)c1nc2ccccc2n1CC(O)COCc1ccc(C)cc1. The predicted molar refractivity (Wildman–Crippen MR) is 105 cm³/mol. The molecule has 3 aromatic rings. The van der Waals surface area contributed by atoms with Crippen molar-refractivity contribution < 1.29 is 9.84 Å². The summed E-state index contributed by atoms with van der Waals surface area (Å²) < 4.78 is 7.87. The molecule has 4 heteroatoms. The average Bonchev–Trinajstić information content (AvgIpc) is 3.01. The van der Waals surface area contributed by atoms with Gasteiger partial charge in [-0.3, -0.25) is 0 Å². The number of aromatic nitrogens is 2. The van der Waals surface area contributed by atoms with Crippen LogP contribution in [0.2, 0.25) is 0 Å². The van der Waals surface area contributed by atoms with Crippen LogP contribution in [0.15, 0.2) is 48.5 Å². The Morgan fingerprint density at radius 3 is 2.58 bits per heavy atom. The van der Waals surface area contributed by atoms with Crippen LogP contribution in [0.4, 0.5) is 0 Å². The highest BCUT2D eigenvalue weighted by molar-refractivity contribution is 5.76. The molecule has 1 aromatic heterocycles. The zero-order valence-corrected chi connectivity index (χ0v) is 15.9. The summed E-state index contributed by atoms with van der Waals surface area (Å²) in [6.45, 7) is 7.72. The molecule has 0 aliphatic heterocycles. The van der Waals surface area contributed by atoms with Crippen LogP contribution in [0.25, 0.3) is 11.0 Å². The third-order valence-corrected chi connectivity index (χ3v) is 4.83. The summed E-state index contributed by atoms with van der Waals surface area (Å²) in [7, 11) is 0. The molecule has 0 aliphatic carbocycles. The first-order valence-electron chi connectivity index (χ1n) is 9.35. The molecule has 0 fully saturated rings. The van der Waals surface area contributed by atoms with Crippen molar-refractivity contribution in [2.45, 2.75) is 52.4 Å². The standard InChI is InChI=1S/C22H28N2O2/c1-4-17(3)22-23-20-7-5-6-8-21(20)24(22)13-19(25)15-26-14-18-11-9-16(2)10-12-18/h5-12,17,19,25H,4,13-15H2,1-3H3. The van der Waals surface area contributed by atoms with Crippen LogP contribution in [0, 0.1) is 6.92 Å². The summed E-state index contributed by atoms with van der Waals surface area (Å²) in [5.74, 6) is 1.38. The predicted octanol–water partition coefficient (Wildman–Crippen LogP) is 4.44. The van der Waals surface area contributed by atoms with E-state index in [1.807, 2.05) is 18.2 Å². The quantitative estimate of drug-likeness (QED) is 0.652. The molecule has 3 rings (SSSR count). The fourth-order valence-electron chi connectivity index (χ4n) is 3.11. The lowest BCUT2D eigenvalue weighted by Crippen LogP contribution is -2.23. The summed E-state index contributed by atoms with van der Waals surface area (Å²) in [6.07, 6.45) is 0.449. The van der Waals surface area contributed by atoms with Crippen molar-refractivity contribution in [3.63, 3.8) is 0 Å². The van der Waals surface area contributed by atoms with Crippen molar-refractivity contribution in [2.75, 3.05) is 6.61 Å². The van der Waals surface area contributed by atoms with E-state index in [2.05, 4.69) is 55.7 Å². The van der Waals surface area contributed by atoms with Crippen LogP contribution in [0.1, 0.15) is 43.1 Å². The van der Waals surface area contributed by atoms with Gasteiger partial charge in [-0.15, -0.1) is 0 Å². The van der Waals surface area contributed by atoms with Crippen LogP contribution in [-0.4, -0.2) is 27.4 Å². The Kier molecular flexibility index (Phi) is 6.07. The summed E-state index contributed by atoms with van der Waals surface area (Å²) in [5, 5.41) is 10.5. The Bertz CT molecular complexity index is 839. The molecular weight excluding hydrogens is 324 g/mol. The molecule has 1 heterocycles. The Hall–Kier alpha value is -2.17. The second-order valence-electron chi connectivity index (χ2n) is 7.03. The third kappa shape index (κ3) is 4.32. The number of benzene rings is 2. The van der Waals surface area contributed by atoms with Crippen LogP contribution < -0.4 is 0 Å². The topological polar surface area (TPSA) is 47.3 Å². The van der Waals surface area contributed by atoms with E-state index < -0.39 is 6.10 Å². The van der Waals surface area contributed by atoms with E-state index in [9.17, 15) is 5.11 Å². The number of aliphatic hydroxyl groups is 1. The zero-order chi connectivity index (χ0) is 18.5. The molecule has 2 atom stereocenters. The van der Waals surface area contributed by atoms with Gasteiger partial charge in [0, 0.05) is 5.92 Å². The number of rotatable bonds is 8. The Balaban J connectivity index is 1.66. The van der Waals surface area contributed by atoms with Gasteiger partial charge in [-0.2, -0.15) is 0 Å². The number of para-hydroxylation sites is 2. The summed E-state index contributed by atoms with van der Waals surface area (Å²) in [4.78, 5) is 4.78. The minimum atomic E-state index is -0.569. The highest BCUT2D eigenvalue weighted by Crippen LogP contribution is 2.24. The highest BCUT2D eigenvalue weighted by Gasteiger charge is 2.17. The van der Waals surface area contributed by atoms with Crippen molar-refractivity contribution in [1.29, 1.82) is 0 Å². The summed E-state index contributed by atoms with van der Waals surface area (Å²) in [6, 6.07) is 16.4. The molecule has 0 bridgehead atoms. The van der Waals surface area contributed by atoms with Gasteiger partial charge >= 0.3 is 0 Å². The Morgan fingerprint density at radius 2 is 1.85 bits per heavy atom.